The number of nitrogens with zero attached hydrogens (tertiary/aromatic N) is 1. The van der Waals surface area contributed by atoms with Crippen LogP contribution in [-0.2, 0) is 10.3 Å². The van der Waals surface area contributed by atoms with E-state index in [1.165, 1.54) is 0 Å². The van der Waals surface area contributed by atoms with Gasteiger partial charge in [0.25, 0.3) is 6.02 Å². The maximum atomic E-state index is 5.98. The third-order valence-corrected chi connectivity index (χ3v) is 3.28. The van der Waals surface area contributed by atoms with Gasteiger partial charge in [-0.15, -0.1) is 0 Å². The first kappa shape index (κ1) is 10.4. The first-order valence-corrected chi connectivity index (χ1v) is 5.77. The molecule has 0 fully saturated rings. The zero-order valence-corrected chi connectivity index (χ0v) is 10.1. The Morgan fingerprint density at radius 3 is 2.76 bits per heavy atom. The zero-order valence-electron chi connectivity index (χ0n) is 10.1. The third kappa shape index (κ3) is 1.55. The van der Waals surface area contributed by atoms with Gasteiger partial charge in [-0.25, -0.2) is 4.99 Å². The van der Waals surface area contributed by atoms with E-state index in [0.29, 0.717) is 6.61 Å². The lowest BCUT2D eigenvalue weighted by molar-refractivity contribution is 0.0375. The fourth-order valence-electron chi connectivity index (χ4n) is 2.77. The molecule has 4 nitrogen and oxygen atoms in total. The lowest BCUT2D eigenvalue weighted by atomic mass is 9.79. The van der Waals surface area contributed by atoms with E-state index in [2.05, 4.69) is 18.8 Å². The number of rotatable bonds is 0. The van der Waals surface area contributed by atoms with Crippen molar-refractivity contribution in [2.45, 2.75) is 31.4 Å². The van der Waals surface area contributed by atoms with Gasteiger partial charge in [0.15, 0.2) is 0 Å². The molecule has 3 rings (SSSR count). The number of ether oxygens (including phenoxy) is 2. The Balaban J connectivity index is 2.17. The van der Waals surface area contributed by atoms with Crippen LogP contribution in [0.1, 0.15) is 25.8 Å². The number of para-hydroxylation sites is 1. The molecular weight excluding hydrogens is 216 g/mol. The predicted molar refractivity (Wildman–Crippen MR) is 65.0 cm³/mol. The minimum Gasteiger partial charge on any atom is -0.487 e. The Hall–Kier alpha value is -1.71. The van der Waals surface area contributed by atoms with Crippen LogP contribution in [0.4, 0.5) is 0 Å². The Labute approximate surface area is 100 Å². The highest BCUT2D eigenvalue weighted by molar-refractivity contribution is 5.74. The van der Waals surface area contributed by atoms with Crippen molar-refractivity contribution >= 4 is 6.02 Å². The molecule has 1 spiro atoms. The van der Waals surface area contributed by atoms with Gasteiger partial charge in [-0.3, -0.25) is 0 Å². The molecule has 1 atom stereocenters. The SMILES string of the molecule is CC1(C)CC2(COC(N)=N2)c2ccccc2O1. The molecule has 1 aromatic carbocycles. The molecule has 0 saturated heterocycles. The molecule has 2 heterocycles. The van der Waals surface area contributed by atoms with Gasteiger partial charge in [-0.1, -0.05) is 18.2 Å². The largest absolute Gasteiger partial charge is 0.487 e. The molecule has 1 aromatic rings. The first-order chi connectivity index (χ1) is 8.01. The molecule has 0 bridgehead atoms. The maximum Gasteiger partial charge on any atom is 0.283 e. The van der Waals surface area contributed by atoms with E-state index in [0.717, 1.165) is 17.7 Å². The quantitative estimate of drug-likeness (QED) is 0.742. The Kier molecular flexibility index (Phi) is 1.94. The van der Waals surface area contributed by atoms with Crippen molar-refractivity contribution in [1.29, 1.82) is 0 Å². The van der Waals surface area contributed by atoms with Crippen LogP contribution >= 0.6 is 0 Å². The molecule has 90 valence electrons. The molecule has 0 radical (unpaired) electrons. The van der Waals surface area contributed by atoms with Gasteiger partial charge in [-0.05, 0) is 19.9 Å². The van der Waals surface area contributed by atoms with E-state index in [1.807, 2.05) is 24.3 Å². The van der Waals surface area contributed by atoms with Crippen LogP contribution in [0.15, 0.2) is 29.3 Å². The van der Waals surface area contributed by atoms with Crippen molar-refractivity contribution in [1.82, 2.24) is 0 Å². The molecule has 17 heavy (non-hydrogen) atoms. The minimum absolute atomic E-state index is 0.258. The van der Waals surface area contributed by atoms with Crippen LogP contribution < -0.4 is 10.5 Å². The topological polar surface area (TPSA) is 56.8 Å². The summed E-state index contributed by atoms with van der Waals surface area (Å²) in [6, 6.07) is 8.25. The third-order valence-electron chi connectivity index (χ3n) is 3.28. The number of aliphatic imine (C=N–C) groups is 1. The molecule has 2 N–H and O–H groups in total. The molecule has 0 saturated carbocycles. The summed E-state index contributed by atoms with van der Waals surface area (Å²) in [6.45, 7) is 4.63. The van der Waals surface area contributed by atoms with Gasteiger partial charge < -0.3 is 15.2 Å². The standard InChI is InChI=1S/C13H16N2O2/c1-12(2)7-13(8-16-11(14)15-13)9-5-3-4-6-10(9)17-12/h3-6H,7-8H2,1-2H3,(H2,14,15). The van der Waals surface area contributed by atoms with E-state index in [9.17, 15) is 0 Å². The van der Waals surface area contributed by atoms with Crippen molar-refractivity contribution in [3.8, 4) is 5.75 Å². The van der Waals surface area contributed by atoms with Crippen LogP contribution in [0.2, 0.25) is 0 Å². The van der Waals surface area contributed by atoms with E-state index >= 15 is 0 Å². The number of amidine groups is 1. The molecule has 0 aliphatic carbocycles. The first-order valence-electron chi connectivity index (χ1n) is 5.77. The average Bonchev–Trinajstić information content (AvgIpc) is 2.59. The number of benzene rings is 1. The summed E-state index contributed by atoms with van der Waals surface area (Å²) >= 11 is 0. The van der Waals surface area contributed by atoms with Crippen molar-refractivity contribution in [3.63, 3.8) is 0 Å². The van der Waals surface area contributed by atoms with E-state index in [4.69, 9.17) is 15.2 Å². The van der Waals surface area contributed by atoms with Crippen LogP contribution in [0, 0.1) is 0 Å². The normalized spacial score (nSPS) is 29.2. The van der Waals surface area contributed by atoms with Crippen molar-refractivity contribution in [3.05, 3.63) is 29.8 Å². The summed E-state index contributed by atoms with van der Waals surface area (Å²) in [4.78, 5) is 4.51. The molecule has 2 aliphatic heterocycles. The van der Waals surface area contributed by atoms with Crippen LogP contribution in [0.5, 0.6) is 5.75 Å². The van der Waals surface area contributed by atoms with Gasteiger partial charge in [0, 0.05) is 12.0 Å². The summed E-state index contributed by atoms with van der Waals surface area (Å²) in [5.41, 5.74) is 6.11. The van der Waals surface area contributed by atoms with Gasteiger partial charge in [-0.2, -0.15) is 0 Å². The van der Waals surface area contributed by atoms with E-state index < -0.39 is 0 Å². The van der Waals surface area contributed by atoms with Crippen molar-refractivity contribution in [2.24, 2.45) is 10.7 Å². The summed E-state index contributed by atoms with van der Waals surface area (Å²) in [5, 5.41) is 0. The summed E-state index contributed by atoms with van der Waals surface area (Å²) in [7, 11) is 0. The molecule has 2 aliphatic rings. The molecule has 1 unspecified atom stereocenters. The van der Waals surface area contributed by atoms with Crippen molar-refractivity contribution in [2.75, 3.05) is 6.61 Å². The summed E-state index contributed by atoms with van der Waals surface area (Å²) < 4.78 is 11.3. The van der Waals surface area contributed by atoms with E-state index in [1.54, 1.807) is 0 Å². The molecule has 0 amide bonds. The van der Waals surface area contributed by atoms with Crippen LogP contribution in [-0.4, -0.2) is 18.2 Å². The monoisotopic (exact) mass is 232 g/mol. The molecular formula is C13H16N2O2. The zero-order chi connectivity index (χ0) is 12.1. The fourth-order valence-corrected chi connectivity index (χ4v) is 2.77. The Bertz CT molecular complexity index is 496. The molecule has 0 aromatic heterocycles. The van der Waals surface area contributed by atoms with Gasteiger partial charge in [0.1, 0.15) is 23.5 Å². The van der Waals surface area contributed by atoms with Gasteiger partial charge in [0.05, 0.1) is 0 Å². The number of hydrogen-bond donors (Lipinski definition) is 1. The van der Waals surface area contributed by atoms with Gasteiger partial charge >= 0.3 is 0 Å². The van der Waals surface area contributed by atoms with Crippen LogP contribution in [0.3, 0.4) is 0 Å². The number of hydrogen-bond acceptors (Lipinski definition) is 4. The average molecular weight is 232 g/mol. The highest BCUT2D eigenvalue weighted by atomic mass is 16.5. The summed E-state index contributed by atoms with van der Waals surface area (Å²) in [6.07, 6.45) is 0.776. The predicted octanol–water partition coefficient (Wildman–Crippen LogP) is 1.79. The maximum absolute atomic E-state index is 5.98. The second kappa shape index (κ2) is 3.15. The van der Waals surface area contributed by atoms with E-state index in [-0.39, 0.29) is 17.2 Å². The fraction of sp³-hybridized carbons (Fsp3) is 0.462. The second-order valence-electron chi connectivity index (χ2n) is 5.30. The minimum atomic E-state index is -0.373. The Morgan fingerprint density at radius 1 is 1.29 bits per heavy atom. The number of fused-ring (bicyclic) bond motifs is 2. The highest BCUT2D eigenvalue weighted by Gasteiger charge is 2.48. The van der Waals surface area contributed by atoms with Crippen LogP contribution in [0.25, 0.3) is 0 Å². The van der Waals surface area contributed by atoms with Gasteiger partial charge in [0.2, 0.25) is 0 Å². The Morgan fingerprint density at radius 2 is 2.06 bits per heavy atom. The highest BCUT2D eigenvalue weighted by Crippen LogP contribution is 2.47. The lowest BCUT2D eigenvalue weighted by Gasteiger charge is -2.41. The molecule has 4 heteroatoms. The summed E-state index contributed by atoms with van der Waals surface area (Å²) in [5.74, 6) is 0.880. The number of nitrogens with two attached hydrogens (primary N) is 1. The smallest absolute Gasteiger partial charge is 0.283 e. The second-order valence-corrected chi connectivity index (χ2v) is 5.30. The van der Waals surface area contributed by atoms with Crippen molar-refractivity contribution < 1.29 is 9.47 Å². The lowest BCUT2D eigenvalue weighted by Crippen LogP contribution is -2.44.